The van der Waals surface area contributed by atoms with E-state index in [-0.39, 0.29) is 49.5 Å². The summed E-state index contributed by atoms with van der Waals surface area (Å²) in [4.78, 5) is 28.0. The topological polar surface area (TPSA) is 86.8 Å². The first kappa shape index (κ1) is 30.9. The lowest BCUT2D eigenvalue weighted by molar-refractivity contribution is -0.141. The zero-order chi connectivity index (χ0) is 27.8. The van der Waals surface area contributed by atoms with Crippen LogP contribution in [0.3, 0.4) is 0 Å². The SMILES string of the molecule is CCC(C)NC(=O)C(CC)N(Cc1c(Cl)cccc1Cl)C(=O)CCCN(c1ccccc1F)S(C)(=O)=O. The van der Waals surface area contributed by atoms with Gasteiger partial charge in [0.2, 0.25) is 21.8 Å². The van der Waals surface area contributed by atoms with E-state index in [9.17, 15) is 22.4 Å². The number of anilines is 1. The summed E-state index contributed by atoms with van der Waals surface area (Å²) in [6.45, 7) is 5.53. The van der Waals surface area contributed by atoms with Crippen molar-refractivity contribution in [1.29, 1.82) is 0 Å². The van der Waals surface area contributed by atoms with Crippen LogP contribution in [0.5, 0.6) is 0 Å². The zero-order valence-electron chi connectivity index (χ0n) is 21.5. The molecule has 0 radical (unpaired) electrons. The van der Waals surface area contributed by atoms with Gasteiger partial charge in [-0.05, 0) is 50.5 Å². The summed E-state index contributed by atoms with van der Waals surface area (Å²) in [6.07, 6.45) is 2.09. The van der Waals surface area contributed by atoms with Crippen molar-refractivity contribution in [3.63, 3.8) is 0 Å². The number of carbonyl (C=O) groups excluding carboxylic acids is 2. The molecular weight excluding hydrogens is 540 g/mol. The van der Waals surface area contributed by atoms with Gasteiger partial charge in [0.05, 0.1) is 11.9 Å². The molecule has 2 amide bonds. The Morgan fingerprint density at radius 1 is 1.03 bits per heavy atom. The molecule has 0 saturated heterocycles. The number of halogens is 3. The van der Waals surface area contributed by atoms with Crippen LogP contribution in [-0.4, -0.2) is 50.0 Å². The van der Waals surface area contributed by atoms with Crippen molar-refractivity contribution in [1.82, 2.24) is 10.2 Å². The highest BCUT2D eigenvalue weighted by atomic mass is 35.5. The Bertz CT molecular complexity index is 1180. The Balaban J connectivity index is 2.29. The Morgan fingerprint density at radius 3 is 2.19 bits per heavy atom. The van der Waals surface area contributed by atoms with Crippen LogP contribution in [0.4, 0.5) is 10.1 Å². The molecule has 0 aliphatic heterocycles. The molecule has 0 spiro atoms. The van der Waals surface area contributed by atoms with Crippen molar-refractivity contribution in [2.45, 2.75) is 65.1 Å². The van der Waals surface area contributed by atoms with E-state index in [1.165, 1.54) is 23.1 Å². The van der Waals surface area contributed by atoms with Crippen LogP contribution in [0.25, 0.3) is 0 Å². The quantitative estimate of drug-likeness (QED) is 0.347. The maximum absolute atomic E-state index is 14.3. The van der Waals surface area contributed by atoms with Gasteiger partial charge in [-0.15, -0.1) is 0 Å². The maximum Gasteiger partial charge on any atom is 0.243 e. The number of hydrogen-bond acceptors (Lipinski definition) is 4. The van der Waals surface area contributed by atoms with Crippen molar-refractivity contribution < 1.29 is 22.4 Å². The number of hydrogen-bond donors (Lipinski definition) is 1. The first-order valence-corrected chi connectivity index (χ1v) is 14.8. The number of para-hydroxylation sites is 1. The Hall–Kier alpha value is -2.36. The largest absolute Gasteiger partial charge is 0.352 e. The summed E-state index contributed by atoms with van der Waals surface area (Å²) >= 11 is 12.7. The number of carbonyl (C=O) groups is 2. The first-order valence-electron chi connectivity index (χ1n) is 12.2. The van der Waals surface area contributed by atoms with Crippen molar-refractivity contribution in [3.8, 4) is 0 Å². The predicted molar refractivity (Wildman–Crippen MR) is 147 cm³/mol. The van der Waals surface area contributed by atoms with Gasteiger partial charge in [-0.1, -0.05) is 55.2 Å². The van der Waals surface area contributed by atoms with Gasteiger partial charge in [-0.3, -0.25) is 13.9 Å². The summed E-state index contributed by atoms with van der Waals surface area (Å²) < 4.78 is 40.0. The average Bonchev–Trinajstić information content (AvgIpc) is 2.83. The third kappa shape index (κ3) is 8.58. The summed E-state index contributed by atoms with van der Waals surface area (Å²) in [5.74, 6) is -1.34. The van der Waals surface area contributed by atoms with E-state index in [1.807, 2.05) is 13.8 Å². The summed E-state index contributed by atoms with van der Waals surface area (Å²) in [5, 5.41) is 3.66. The minimum atomic E-state index is -3.80. The minimum Gasteiger partial charge on any atom is -0.352 e. The van der Waals surface area contributed by atoms with E-state index in [0.29, 0.717) is 22.0 Å². The monoisotopic (exact) mass is 573 g/mol. The zero-order valence-corrected chi connectivity index (χ0v) is 23.8. The lowest BCUT2D eigenvalue weighted by atomic mass is 10.1. The summed E-state index contributed by atoms with van der Waals surface area (Å²) in [5.41, 5.74) is 0.426. The first-order chi connectivity index (χ1) is 17.4. The van der Waals surface area contributed by atoms with Gasteiger partial charge >= 0.3 is 0 Å². The van der Waals surface area contributed by atoms with Gasteiger partial charge in [0.1, 0.15) is 11.9 Å². The van der Waals surface area contributed by atoms with Gasteiger partial charge in [0, 0.05) is 41.2 Å². The molecule has 0 aromatic heterocycles. The van der Waals surface area contributed by atoms with E-state index in [4.69, 9.17) is 23.2 Å². The van der Waals surface area contributed by atoms with Crippen molar-refractivity contribution in [2.24, 2.45) is 0 Å². The molecule has 2 atom stereocenters. The second-order valence-corrected chi connectivity index (χ2v) is 11.6. The lowest BCUT2D eigenvalue weighted by Crippen LogP contribution is -2.50. The summed E-state index contributed by atoms with van der Waals surface area (Å²) in [7, 11) is -3.80. The number of nitrogens with zero attached hydrogens (tertiary/aromatic N) is 2. The van der Waals surface area contributed by atoms with Crippen LogP contribution >= 0.6 is 23.2 Å². The minimum absolute atomic E-state index is 0.00682. The fraction of sp³-hybridized carbons (Fsp3) is 0.462. The Kier molecular flexibility index (Phi) is 11.7. The second-order valence-electron chi connectivity index (χ2n) is 8.85. The van der Waals surface area contributed by atoms with E-state index >= 15 is 0 Å². The van der Waals surface area contributed by atoms with Crippen LogP contribution in [0.2, 0.25) is 10.0 Å². The molecule has 0 aliphatic carbocycles. The fourth-order valence-corrected chi connectivity index (χ4v) is 5.33. The molecule has 0 aliphatic rings. The standard InChI is InChI=1S/C26H34Cl2FN3O4S/c1-5-18(3)30-26(34)23(6-2)31(17-19-20(27)11-9-12-21(19)28)25(33)15-10-16-32(37(4,35)36)24-14-8-7-13-22(24)29/h7-9,11-14,18,23H,5-6,10,15-17H2,1-4H3,(H,30,34). The van der Waals surface area contributed by atoms with Crippen molar-refractivity contribution in [3.05, 3.63) is 63.9 Å². The van der Waals surface area contributed by atoms with Crippen LogP contribution in [-0.2, 0) is 26.2 Å². The fourth-order valence-electron chi connectivity index (χ4n) is 3.85. The van der Waals surface area contributed by atoms with Gasteiger partial charge in [-0.2, -0.15) is 0 Å². The third-order valence-corrected chi connectivity index (χ3v) is 7.94. The molecule has 0 fully saturated rings. The third-order valence-electron chi connectivity index (χ3n) is 6.05. The number of benzene rings is 2. The number of sulfonamides is 1. The van der Waals surface area contributed by atoms with Crippen LogP contribution in [0.15, 0.2) is 42.5 Å². The van der Waals surface area contributed by atoms with Gasteiger partial charge in [0.15, 0.2) is 0 Å². The highest BCUT2D eigenvalue weighted by Crippen LogP contribution is 2.28. The molecule has 204 valence electrons. The van der Waals surface area contributed by atoms with Gasteiger partial charge < -0.3 is 10.2 Å². The summed E-state index contributed by atoms with van der Waals surface area (Å²) in [6, 6.07) is 9.70. The Morgan fingerprint density at radius 2 is 1.65 bits per heavy atom. The number of nitrogens with one attached hydrogen (secondary N) is 1. The Labute approximate surface area is 229 Å². The van der Waals surface area contributed by atoms with Gasteiger partial charge in [-0.25, -0.2) is 12.8 Å². The molecule has 37 heavy (non-hydrogen) atoms. The molecule has 2 aromatic rings. The highest BCUT2D eigenvalue weighted by Gasteiger charge is 2.30. The van der Waals surface area contributed by atoms with Crippen molar-refractivity contribution in [2.75, 3.05) is 17.1 Å². The van der Waals surface area contributed by atoms with E-state index in [0.717, 1.165) is 17.0 Å². The van der Waals surface area contributed by atoms with E-state index in [2.05, 4.69) is 5.32 Å². The van der Waals surface area contributed by atoms with Crippen molar-refractivity contribution >= 4 is 50.7 Å². The molecule has 2 rings (SSSR count). The van der Waals surface area contributed by atoms with E-state index < -0.39 is 21.9 Å². The highest BCUT2D eigenvalue weighted by molar-refractivity contribution is 7.92. The molecule has 0 saturated carbocycles. The molecular formula is C26H34Cl2FN3O4S. The van der Waals surface area contributed by atoms with Gasteiger partial charge in [0.25, 0.3) is 0 Å². The predicted octanol–water partition coefficient (Wildman–Crippen LogP) is 5.40. The van der Waals surface area contributed by atoms with E-state index in [1.54, 1.807) is 31.2 Å². The molecule has 0 heterocycles. The molecule has 11 heteroatoms. The second kappa shape index (κ2) is 14.0. The smallest absolute Gasteiger partial charge is 0.243 e. The molecule has 0 bridgehead atoms. The van der Waals surface area contributed by atoms with Crippen LogP contribution in [0.1, 0.15) is 52.0 Å². The number of amides is 2. The molecule has 2 unspecified atom stereocenters. The maximum atomic E-state index is 14.3. The molecule has 7 nitrogen and oxygen atoms in total. The lowest BCUT2D eigenvalue weighted by Gasteiger charge is -2.32. The van der Waals surface area contributed by atoms with Crippen LogP contribution in [0, 0.1) is 5.82 Å². The van der Waals surface area contributed by atoms with Crippen LogP contribution < -0.4 is 9.62 Å². The molecule has 2 aromatic carbocycles. The molecule has 1 N–H and O–H groups in total. The normalized spacial score (nSPS) is 13.1. The average molecular weight is 575 g/mol. The number of rotatable bonds is 13.